The van der Waals surface area contributed by atoms with Gasteiger partial charge in [0.15, 0.2) is 0 Å². The summed E-state index contributed by atoms with van der Waals surface area (Å²) in [6, 6.07) is 6.25. The second kappa shape index (κ2) is 6.07. The number of nitrogens with one attached hydrogen (secondary N) is 1. The maximum atomic E-state index is 6.00. The van der Waals surface area contributed by atoms with E-state index >= 15 is 0 Å². The van der Waals surface area contributed by atoms with E-state index in [2.05, 4.69) is 5.32 Å². The van der Waals surface area contributed by atoms with Gasteiger partial charge in [-0.3, -0.25) is 0 Å². The summed E-state index contributed by atoms with van der Waals surface area (Å²) in [5, 5.41) is 3.53. The number of methoxy groups -OCH3 is 2. The average Bonchev–Trinajstić information content (AvgIpc) is 2.84. The molecule has 0 spiro atoms. The molecule has 1 fully saturated rings. The molecule has 100 valence electrons. The molecule has 2 atom stereocenters. The van der Waals surface area contributed by atoms with Crippen molar-refractivity contribution < 1.29 is 9.47 Å². The molecule has 4 heteroatoms. The highest BCUT2D eigenvalue weighted by Crippen LogP contribution is 2.23. The third-order valence-electron chi connectivity index (χ3n) is 3.66. The maximum absolute atomic E-state index is 6.00. The third-order valence-corrected chi connectivity index (χ3v) is 3.66. The van der Waals surface area contributed by atoms with Gasteiger partial charge in [-0.1, -0.05) is 6.07 Å². The fourth-order valence-corrected chi connectivity index (χ4v) is 2.54. The number of nitrogens with two attached hydrogens (primary N) is 1. The largest absolute Gasteiger partial charge is 0.497 e. The molecule has 1 aromatic rings. The Hall–Kier alpha value is -1.26. The van der Waals surface area contributed by atoms with Crippen LogP contribution in [-0.2, 0) is 11.3 Å². The molecule has 1 aromatic carbocycles. The Morgan fingerprint density at radius 2 is 2.17 bits per heavy atom. The number of hydrogen-bond donors (Lipinski definition) is 2. The van der Waals surface area contributed by atoms with Crippen LogP contribution in [0.3, 0.4) is 0 Å². The van der Waals surface area contributed by atoms with Gasteiger partial charge in [0.25, 0.3) is 0 Å². The zero-order valence-electron chi connectivity index (χ0n) is 11.1. The number of benzene rings is 1. The highest BCUT2D eigenvalue weighted by atomic mass is 16.5. The molecule has 0 saturated heterocycles. The Morgan fingerprint density at radius 1 is 1.33 bits per heavy atom. The van der Waals surface area contributed by atoms with E-state index in [4.69, 9.17) is 15.2 Å². The second-order valence-electron chi connectivity index (χ2n) is 4.76. The monoisotopic (exact) mass is 250 g/mol. The predicted octanol–water partition coefficient (Wildman–Crippen LogP) is 1.93. The van der Waals surface area contributed by atoms with E-state index < -0.39 is 0 Å². The lowest BCUT2D eigenvalue weighted by atomic mass is 10.1. The number of nitrogen functional groups attached to an aromatic ring is 1. The van der Waals surface area contributed by atoms with E-state index in [9.17, 15) is 0 Å². The first kappa shape index (κ1) is 13.2. The summed E-state index contributed by atoms with van der Waals surface area (Å²) >= 11 is 0. The van der Waals surface area contributed by atoms with E-state index in [0.717, 1.165) is 30.0 Å². The van der Waals surface area contributed by atoms with Crippen molar-refractivity contribution in [1.82, 2.24) is 5.32 Å². The van der Waals surface area contributed by atoms with Gasteiger partial charge in [-0.25, -0.2) is 0 Å². The van der Waals surface area contributed by atoms with E-state index in [0.29, 0.717) is 12.1 Å². The van der Waals surface area contributed by atoms with Gasteiger partial charge < -0.3 is 20.5 Å². The van der Waals surface area contributed by atoms with Crippen LogP contribution in [0.4, 0.5) is 5.69 Å². The maximum Gasteiger partial charge on any atom is 0.120 e. The number of anilines is 1. The van der Waals surface area contributed by atoms with Crippen LogP contribution in [0, 0.1) is 0 Å². The van der Waals surface area contributed by atoms with Gasteiger partial charge in [-0.15, -0.1) is 0 Å². The zero-order chi connectivity index (χ0) is 13.0. The van der Waals surface area contributed by atoms with Gasteiger partial charge in [0, 0.05) is 31.5 Å². The van der Waals surface area contributed by atoms with Crippen LogP contribution in [0.1, 0.15) is 24.8 Å². The minimum atomic E-state index is 0.337. The highest BCUT2D eigenvalue weighted by molar-refractivity contribution is 5.51. The Labute approximate surface area is 108 Å². The lowest BCUT2D eigenvalue weighted by Gasteiger charge is -2.20. The molecule has 2 unspecified atom stereocenters. The Bertz CT molecular complexity index is 395. The van der Waals surface area contributed by atoms with Crippen LogP contribution >= 0.6 is 0 Å². The SMILES string of the molecule is COc1ccc(CNC2CCCC2OC)c(N)c1. The summed E-state index contributed by atoms with van der Waals surface area (Å²) in [6.45, 7) is 0.778. The Morgan fingerprint density at radius 3 is 2.83 bits per heavy atom. The molecule has 3 N–H and O–H groups in total. The van der Waals surface area contributed by atoms with Gasteiger partial charge in [0.1, 0.15) is 5.75 Å². The number of ether oxygens (including phenoxy) is 2. The normalized spacial score (nSPS) is 23.2. The molecule has 0 aromatic heterocycles. The van der Waals surface area contributed by atoms with Crippen LogP contribution in [0.2, 0.25) is 0 Å². The van der Waals surface area contributed by atoms with Crippen molar-refractivity contribution in [2.24, 2.45) is 0 Å². The van der Waals surface area contributed by atoms with Crippen molar-refractivity contribution in [3.63, 3.8) is 0 Å². The lowest BCUT2D eigenvalue weighted by molar-refractivity contribution is 0.0847. The van der Waals surface area contributed by atoms with Crippen molar-refractivity contribution in [3.05, 3.63) is 23.8 Å². The van der Waals surface area contributed by atoms with E-state index in [1.165, 1.54) is 12.8 Å². The Kier molecular flexibility index (Phi) is 4.44. The average molecular weight is 250 g/mol. The van der Waals surface area contributed by atoms with Crippen LogP contribution in [-0.4, -0.2) is 26.4 Å². The first-order chi connectivity index (χ1) is 8.74. The van der Waals surface area contributed by atoms with E-state index in [1.807, 2.05) is 18.2 Å². The predicted molar refractivity (Wildman–Crippen MR) is 72.7 cm³/mol. The molecular formula is C14H22N2O2. The molecule has 0 radical (unpaired) electrons. The molecule has 1 aliphatic carbocycles. The summed E-state index contributed by atoms with van der Waals surface area (Å²) in [7, 11) is 3.43. The quantitative estimate of drug-likeness (QED) is 0.784. The number of rotatable bonds is 5. The summed E-state index contributed by atoms with van der Waals surface area (Å²) in [5.74, 6) is 0.798. The minimum Gasteiger partial charge on any atom is -0.497 e. The molecule has 1 saturated carbocycles. The zero-order valence-corrected chi connectivity index (χ0v) is 11.1. The Balaban J connectivity index is 1.93. The molecule has 4 nitrogen and oxygen atoms in total. The fourth-order valence-electron chi connectivity index (χ4n) is 2.54. The van der Waals surface area contributed by atoms with Crippen molar-refractivity contribution in [3.8, 4) is 5.75 Å². The van der Waals surface area contributed by atoms with Crippen LogP contribution in [0.25, 0.3) is 0 Å². The minimum absolute atomic E-state index is 0.337. The lowest BCUT2D eigenvalue weighted by Crippen LogP contribution is -2.36. The first-order valence-electron chi connectivity index (χ1n) is 6.43. The van der Waals surface area contributed by atoms with Gasteiger partial charge in [-0.2, -0.15) is 0 Å². The second-order valence-corrected chi connectivity index (χ2v) is 4.76. The van der Waals surface area contributed by atoms with Crippen molar-refractivity contribution in [2.75, 3.05) is 20.0 Å². The molecule has 0 bridgehead atoms. The van der Waals surface area contributed by atoms with Crippen molar-refractivity contribution in [2.45, 2.75) is 38.0 Å². The molecular weight excluding hydrogens is 228 g/mol. The molecule has 0 heterocycles. The van der Waals surface area contributed by atoms with Gasteiger partial charge in [0.2, 0.25) is 0 Å². The van der Waals surface area contributed by atoms with Gasteiger partial charge >= 0.3 is 0 Å². The summed E-state index contributed by atoms with van der Waals surface area (Å²) < 4.78 is 10.6. The van der Waals surface area contributed by atoms with Crippen LogP contribution in [0.5, 0.6) is 5.75 Å². The molecule has 2 rings (SSSR count). The van der Waals surface area contributed by atoms with Crippen LogP contribution in [0.15, 0.2) is 18.2 Å². The standard InChI is InChI=1S/C14H22N2O2/c1-17-11-7-6-10(12(15)8-11)9-16-13-4-3-5-14(13)18-2/h6-8,13-14,16H,3-5,9,15H2,1-2H3. The molecule has 0 aliphatic heterocycles. The van der Waals surface area contributed by atoms with Crippen LogP contribution < -0.4 is 15.8 Å². The summed E-state index contributed by atoms with van der Waals surface area (Å²) in [6.07, 6.45) is 3.89. The molecule has 1 aliphatic rings. The molecule has 0 amide bonds. The summed E-state index contributed by atoms with van der Waals surface area (Å²) in [5.41, 5.74) is 7.88. The summed E-state index contributed by atoms with van der Waals surface area (Å²) in [4.78, 5) is 0. The smallest absolute Gasteiger partial charge is 0.120 e. The van der Waals surface area contributed by atoms with Crippen molar-refractivity contribution in [1.29, 1.82) is 0 Å². The molecule has 18 heavy (non-hydrogen) atoms. The third kappa shape index (κ3) is 2.94. The van der Waals surface area contributed by atoms with Gasteiger partial charge in [0.05, 0.1) is 13.2 Å². The first-order valence-corrected chi connectivity index (χ1v) is 6.43. The van der Waals surface area contributed by atoms with Crippen molar-refractivity contribution >= 4 is 5.69 Å². The van der Waals surface area contributed by atoms with E-state index in [-0.39, 0.29) is 0 Å². The number of hydrogen-bond acceptors (Lipinski definition) is 4. The van der Waals surface area contributed by atoms with E-state index in [1.54, 1.807) is 14.2 Å². The topological polar surface area (TPSA) is 56.5 Å². The van der Waals surface area contributed by atoms with Gasteiger partial charge in [-0.05, 0) is 30.9 Å². The highest BCUT2D eigenvalue weighted by Gasteiger charge is 2.26. The fraction of sp³-hybridized carbons (Fsp3) is 0.571.